The lowest BCUT2D eigenvalue weighted by Gasteiger charge is -2.33. The van der Waals surface area contributed by atoms with Crippen LogP contribution in [0.5, 0.6) is 0 Å². The third-order valence-electron chi connectivity index (χ3n) is 3.42. The van der Waals surface area contributed by atoms with Gasteiger partial charge in [-0.25, -0.2) is 0 Å². The van der Waals surface area contributed by atoms with Crippen molar-refractivity contribution in [2.75, 3.05) is 31.0 Å². The van der Waals surface area contributed by atoms with Crippen molar-refractivity contribution >= 4 is 15.9 Å². The predicted molar refractivity (Wildman–Crippen MR) is 77.3 cm³/mol. The van der Waals surface area contributed by atoms with Gasteiger partial charge >= 0.3 is 10.2 Å². The molecule has 1 aliphatic heterocycles. The molecule has 19 heavy (non-hydrogen) atoms. The fraction of sp³-hybridized carbons (Fsp3) is 0.538. The minimum atomic E-state index is -3.44. The van der Waals surface area contributed by atoms with Gasteiger partial charge in [-0.2, -0.15) is 12.7 Å². The highest BCUT2D eigenvalue weighted by molar-refractivity contribution is 7.90. The molecule has 0 saturated carbocycles. The zero-order valence-corrected chi connectivity index (χ0v) is 12.1. The summed E-state index contributed by atoms with van der Waals surface area (Å²) in [6.07, 6.45) is 2.47. The molecule has 1 aromatic carbocycles. The van der Waals surface area contributed by atoms with E-state index in [2.05, 4.69) is 0 Å². The van der Waals surface area contributed by atoms with Crippen molar-refractivity contribution in [3.63, 3.8) is 0 Å². The topological polar surface area (TPSA) is 66.6 Å². The summed E-state index contributed by atoms with van der Waals surface area (Å²) in [5.74, 6) is 0. The first-order valence-electron chi connectivity index (χ1n) is 6.59. The first-order chi connectivity index (χ1) is 9.07. The molecule has 0 fully saturated rings. The van der Waals surface area contributed by atoms with Gasteiger partial charge in [0.25, 0.3) is 0 Å². The van der Waals surface area contributed by atoms with E-state index in [4.69, 9.17) is 5.73 Å². The van der Waals surface area contributed by atoms with Crippen LogP contribution >= 0.6 is 0 Å². The van der Waals surface area contributed by atoms with E-state index in [9.17, 15) is 8.42 Å². The van der Waals surface area contributed by atoms with Crippen LogP contribution in [0.3, 0.4) is 0 Å². The molecule has 5 nitrogen and oxygen atoms in total. The van der Waals surface area contributed by atoms with Crippen molar-refractivity contribution in [2.45, 2.75) is 19.3 Å². The van der Waals surface area contributed by atoms with Gasteiger partial charge in [0.15, 0.2) is 0 Å². The van der Waals surface area contributed by atoms with Crippen LogP contribution in [0.1, 0.15) is 18.4 Å². The van der Waals surface area contributed by atoms with E-state index in [1.807, 2.05) is 24.3 Å². The maximum atomic E-state index is 12.6. The lowest BCUT2D eigenvalue weighted by Crippen LogP contribution is -2.45. The zero-order chi connectivity index (χ0) is 13.9. The van der Waals surface area contributed by atoms with Gasteiger partial charge in [-0.05, 0) is 37.4 Å². The number of hydrogen-bond acceptors (Lipinski definition) is 3. The smallest absolute Gasteiger partial charge is 0.303 e. The number of nitrogens with zero attached hydrogens (tertiary/aromatic N) is 2. The number of rotatable bonds is 5. The second kappa shape index (κ2) is 5.90. The molecule has 0 atom stereocenters. The summed E-state index contributed by atoms with van der Waals surface area (Å²) >= 11 is 0. The molecule has 1 aliphatic rings. The molecule has 2 rings (SSSR count). The average molecular weight is 283 g/mol. The molecule has 0 bridgehead atoms. The number of nitrogens with two attached hydrogens (primary N) is 1. The van der Waals surface area contributed by atoms with Crippen molar-refractivity contribution in [2.24, 2.45) is 5.73 Å². The summed E-state index contributed by atoms with van der Waals surface area (Å²) < 4.78 is 28.0. The molecule has 0 aliphatic carbocycles. The number of para-hydroxylation sites is 1. The molecule has 0 amide bonds. The van der Waals surface area contributed by atoms with Crippen LogP contribution in [0.4, 0.5) is 5.69 Å². The Balaban J connectivity index is 2.27. The third kappa shape index (κ3) is 2.91. The molecule has 0 saturated heterocycles. The van der Waals surface area contributed by atoms with Gasteiger partial charge in [0.1, 0.15) is 0 Å². The Morgan fingerprint density at radius 1 is 1.37 bits per heavy atom. The summed E-state index contributed by atoms with van der Waals surface area (Å²) in [6.45, 7) is 1.50. The Hall–Kier alpha value is -1.11. The Bertz CT molecular complexity index is 530. The van der Waals surface area contributed by atoms with Crippen molar-refractivity contribution in [1.82, 2.24) is 4.31 Å². The van der Waals surface area contributed by atoms with Crippen molar-refractivity contribution in [3.8, 4) is 0 Å². The van der Waals surface area contributed by atoms with E-state index in [1.165, 1.54) is 8.61 Å². The monoisotopic (exact) mass is 283 g/mol. The highest BCUT2D eigenvalue weighted by Gasteiger charge is 2.30. The molecule has 6 heteroatoms. The quantitative estimate of drug-likeness (QED) is 0.875. The molecule has 1 aromatic rings. The van der Waals surface area contributed by atoms with Crippen LogP contribution in [-0.4, -0.2) is 39.4 Å². The number of fused-ring (bicyclic) bond motifs is 1. The van der Waals surface area contributed by atoms with E-state index in [1.54, 1.807) is 7.05 Å². The molecular formula is C13H21N3O2S. The van der Waals surface area contributed by atoms with Crippen LogP contribution in [0.15, 0.2) is 24.3 Å². The van der Waals surface area contributed by atoms with Gasteiger partial charge in [0, 0.05) is 20.1 Å². The van der Waals surface area contributed by atoms with E-state index in [0.717, 1.165) is 24.1 Å². The fourth-order valence-electron chi connectivity index (χ4n) is 2.34. The van der Waals surface area contributed by atoms with Gasteiger partial charge in [-0.3, -0.25) is 4.31 Å². The van der Waals surface area contributed by atoms with Crippen molar-refractivity contribution in [3.05, 3.63) is 29.8 Å². The Labute approximate surface area is 115 Å². The molecule has 0 unspecified atom stereocenters. The molecule has 0 spiro atoms. The zero-order valence-electron chi connectivity index (χ0n) is 11.2. The van der Waals surface area contributed by atoms with Crippen LogP contribution in [0.25, 0.3) is 0 Å². The van der Waals surface area contributed by atoms with E-state index in [0.29, 0.717) is 26.1 Å². The first kappa shape index (κ1) is 14.3. The van der Waals surface area contributed by atoms with Crippen LogP contribution < -0.4 is 10.0 Å². The largest absolute Gasteiger partial charge is 0.330 e. The third-order valence-corrected chi connectivity index (χ3v) is 5.32. The molecule has 2 N–H and O–H groups in total. The summed E-state index contributed by atoms with van der Waals surface area (Å²) in [4.78, 5) is 0. The molecular weight excluding hydrogens is 262 g/mol. The van der Waals surface area contributed by atoms with Crippen LogP contribution in [0.2, 0.25) is 0 Å². The highest BCUT2D eigenvalue weighted by Crippen LogP contribution is 2.29. The van der Waals surface area contributed by atoms with Gasteiger partial charge in [0.2, 0.25) is 0 Å². The predicted octanol–water partition coefficient (Wildman–Crippen LogP) is 0.965. The summed E-state index contributed by atoms with van der Waals surface area (Å²) in [5.41, 5.74) is 7.35. The number of benzene rings is 1. The number of aryl methyl sites for hydroxylation is 1. The van der Waals surface area contributed by atoms with E-state index < -0.39 is 10.2 Å². The van der Waals surface area contributed by atoms with Gasteiger partial charge in [0.05, 0.1) is 5.69 Å². The normalized spacial score (nSPS) is 15.6. The lowest BCUT2D eigenvalue weighted by molar-refractivity contribution is 0.458. The standard InChI is InChI=1S/C13H21N3O2S/c1-15(10-5-9-14)19(17,18)16-11-4-7-12-6-2-3-8-13(12)16/h2-3,6,8H,4-5,7,9-11,14H2,1H3. The van der Waals surface area contributed by atoms with Gasteiger partial charge < -0.3 is 5.73 Å². The van der Waals surface area contributed by atoms with Crippen LogP contribution in [-0.2, 0) is 16.6 Å². The fourth-order valence-corrected chi connectivity index (χ4v) is 3.82. The second-order valence-corrected chi connectivity index (χ2v) is 6.74. The molecule has 1 heterocycles. The summed E-state index contributed by atoms with van der Waals surface area (Å²) in [5, 5.41) is 0. The molecule has 0 radical (unpaired) electrons. The molecule has 0 aromatic heterocycles. The summed E-state index contributed by atoms with van der Waals surface area (Å²) in [7, 11) is -1.82. The first-order valence-corrected chi connectivity index (χ1v) is 7.99. The van der Waals surface area contributed by atoms with Gasteiger partial charge in [-0.15, -0.1) is 0 Å². The average Bonchev–Trinajstić information content (AvgIpc) is 2.43. The van der Waals surface area contributed by atoms with Gasteiger partial charge in [-0.1, -0.05) is 18.2 Å². The van der Waals surface area contributed by atoms with Crippen molar-refractivity contribution < 1.29 is 8.42 Å². The molecule has 106 valence electrons. The lowest BCUT2D eigenvalue weighted by atomic mass is 10.0. The minimum Gasteiger partial charge on any atom is -0.330 e. The summed E-state index contributed by atoms with van der Waals surface area (Å²) in [6, 6.07) is 7.71. The van der Waals surface area contributed by atoms with Crippen LogP contribution in [0, 0.1) is 0 Å². The van der Waals surface area contributed by atoms with Crippen molar-refractivity contribution in [1.29, 1.82) is 0 Å². The minimum absolute atomic E-state index is 0.456. The van der Waals surface area contributed by atoms with E-state index in [-0.39, 0.29) is 0 Å². The van der Waals surface area contributed by atoms with E-state index >= 15 is 0 Å². The SMILES string of the molecule is CN(CCCN)S(=O)(=O)N1CCCc2ccccc21. The Kier molecular flexibility index (Phi) is 4.44. The Morgan fingerprint density at radius 2 is 2.11 bits per heavy atom. The number of anilines is 1. The Morgan fingerprint density at radius 3 is 2.84 bits per heavy atom. The highest BCUT2D eigenvalue weighted by atomic mass is 32.2. The number of hydrogen-bond donors (Lipinski definition) is 1. The maximum absolute atomic E-state index is 12.6. The maximum Gasteiger partial charge on any atom is 0.303 e. The second-order valence-electron chi connectivity index (χ2n) is 4.78.